The minimum absolute atomic E-state index is 0.0943. The second kappa shape index (κ2) is 6.65. The Hall–Kier alpha value is -1.44. The highest BCUT2D eigenvalue weighted by Crippen LogP contribution is 2.15. The molecule has 0 saturated heterocycles. The quantitative estimate of drug-likeness (QED) is 0.714. The van der Waals surface area contributed by atoms with Gasteiger partial charge in [-0.1, -0.05) is 19.4 Å². The largest absolute Gasteiger partial charge is 0.325 e. The van der Waals surface area contributed by atoms with Crippen LogP contribution in [0.3, 0.4) is 0 Å². The van der Waals surface area contributed by atoms with Gasteiger partial charge in [0.05, 0.1) is 10.9 Å². The molecule has 0 heterocycles. The third-order valence-corrected chi connectivity index (χ3v) is 4.03. The van der Waals surface area contributed by atoms with Crippen LogP contribution in [0.15, 0.2) is 29.2 Å². The van der Waals surface area contributed by atoms with E-state index in [-0.39, 0.29) is 10.8 Å². The second-order valence-electron chi connectivity index (χ2n) is 4.12. The summed E-state index contributed by atoms with van der Waals surface area (Å²) in [6, 6.07) is 5.43. The zero-order valence-electron chi connectivity index (χ0n) is 11.0. The molecule has 0 spiro atoms. The maximum Gasteiger partial charge on any atom is 0.241 e. The standard InChI is InChI=1S/C12H19N3O3S/c1-3-5-11(13)12(16)15-9-6-4-7-10(8-9)19(17,18)14-2/h4,6-8,11,14H,3,5,13H2,1-2H3,(H,15,16). The molecule has 1 atom stereocenters. The van der Waals surface area contributed by atoms with Crippen LogP contribution in [0.5, 0.6) is 0 Å². The van der Waals surface area contributed by atoms with Crippen molar-refractivity contribution in [1.82, 2.24) is 4.72 Å². The Bertz CT molecular complexity index is 543. The van der Waals surface area contributed by atoms with Gasteiger partial charge in [0.1, 0.15) is 0 Å². The summed E-state index contributed by atoms with van der Waals surface area (Å²) in [6.45, 7) is 1.94. The smallest absolute Gasteiger partial charge is 0.241 e. The average molecular weight is 285 g/mol. The monoisotopic (exact) mass is 285 g/mol. The van der Waals surface area contributed by atoms with Gasteiger partial charge < -0.3 is 11.1 Å². The normalized spacial score (nSPS) is 13.0. The number of hydrogen-bond donors (Lipinski definition) is 3. The fraction of sp³-hybridized carbons (Fsp3) is 0.417. The van der Waals surface area contributed by atoms with Gasteiger partial charge in [0.2, 0.25) is 15.9 Å². The van der Waals surface area contributed by atoms with Crippen LogP contribution in [0.4, 0.5) is 5.69 Å². The van der Waals surface area contributed by atoms with Crippen LogP contribution in [-0.4, -0.2) is 27.4 Å². The van der Waals surface area contributed by atoms with Crippen molar-refractivity contribution in [3.8, 4) is 0 Å². The van der Waals surface area contributed by atoms with Crippen LogP contribution < -0.4 is 15.8 Å². The van der Waals surface area contributed by atoms with Crippen LogP contribution in [0.1, 0.15) is 19.8 Å². The summed E-state index contributed by atoms with van der Waals surface area (Å²) < 4.78 is 25.5. The van der Waals surface area contributed by atoms with Gasteiger partial charge in [-0.2, -0.15) is 0 Å². The first kappa shape index (κ1) is 15.6. The highest BCUT2D eigenvalue weighted by molar-refractivity contribution is 7.89. The van der Waals surface area contributed by atoms with E-state index in [2.05, 4.69) is 10.0 Å². The third-order valence-electron chi connectivity index (χ3n) is 2.62. The van der Waals surface area contributed by atoms with Crippen LogP contribution >= 0.6 is 0 Å². The van der Waals surface area contributed by atoms with E-state index in [4.69, 9.17) is 5.73 Å². The zero-order valence-corrected chi connectivity index (χ0v) is 11.8. The van der Waals surface area contributed by atoms with E-state index in [1.54, 1.807) is 12.1 Å². The minimum atomic E-state index is -3.52. The molecule has 1 aromatic carbocycles. The molecule has 0 aliphatic carbocycles. The molecule has 0 aromatic heterocycles. The molecule has 1 aromatic rings. The highest BCUT2D eigenvalue weighted by Gasteiger charge is 2.15. The molecule has 19 heavy (non-hydrogen) atoms. The van der Waals surface area contributed by atoms with Crippen molar-refractivity contribution in [3.05, 3.63) is 24.3 Å². The third kappa shape index (κ3) is 4.30. The molecule has 0 aliphatic rings. The number of benzene rings is 1. The van der Waals surface area contributed by atoms with E-state index >= 15 is 0 Å². The lowest BCUT2D eigenvalue weighted by atomic mass is 10.1. The predicted octanol–water partition coefficient (Wildman–Crippen LogP) is 0.661. The molecule has 1 unspecified atom stereocenters. The van der Waals surface area contributed by atoms with Gasteiger partial charge in [-0.15, -0.1) is 0 Å². The number of rotatable bonds is 6. The molecule has 0 fully saturated rings. The van der Waals surface area contributed by atoms with Gasteiger partial charge in [-0.3, -0.25) is 4.79 Å². The van der Waals surface area contributed by atoms with Gasteiger partial charge in [0.15, 0.2) is 0 Å². The first-order valence-corrected chi connectivity index (χ1v) is 7.49. The fourth-order valence-corrected chi connectivity index (χ4v) is 2.31. The lowest BCUT2D eigenvalue weighted by molar-refractivity contribution is -0.117. The molecule has 6 nitrogen and oxygen atoms in total. The van der Waals surface area contributed by atoms with Gasteiger partial charge in [-0.05, 0) is 31.7 Å². The molecule has 1 rings (SSSR count). The zero-order chi connectivity index (χ0) is 14.5. The van der Waals surface area contributed by atoms with E-state index < -0.39 is 16.1 Å². The Balaban J connectivity index is 2.87. The molecule has 7 heteroatoms. The van der Waals surface area contributed by atoms with Crippen molar-refractivity contribution in [1.29, 1.82) is 0 Å². The van der Waals surface area contributed by atoms with Crippen molar-refractivity contribution in [3.63, 3.8) is 0 Å². The second-order valence-corrected chi connectivity index (χ2v) is 6.01. The lowest BCUT2D eigenvalue weighted by Crippen LogP contribution is -2.35. The fourth-order valence-electron chi connectivity index (χ4n) is 1.54. The molecule has 106 valence electrons. The Morgan fingerprint density at radius 1 is 1.42 bits per heavy atom. The highest BCUT2D eigenvalue weighted by atomic mass is 32.2. The molecule has 1 amide bonds. The van der Waals surface area contributed by atoms with Crippen molar-refractivity contribution in [2.24, 2.45) is 5.73 Å². The van der Waals surface area contributed by atoms with Crippen LogP contribution in [0, 0.1) is 0 Å². The van der Waals surface area contributed by atoms with E-state index in [0.717, 1.165) is 6.42 Å². The Morgan fingerprint density at radius 2 is 2.11 bits per heavy atom. The summed E-state index contributed by atoms with van der Waals surface area (Å²) >= 11 is 0. The topological polar surface area (TPSA) is 101 Å². The Kier molecular flexibility index (Phi) is 5.46. The lowest BCUT2D eigenvalue weighted by Gasteiger charge is -2.12. The van der Waals surface area contributed by atoms with Crippen molar-refractivity contribution in [2.75, 3.05) is 12.4 Å². The average Bonchev–Trinajstić information content (AvgIpc) is 2.39. The molecular weight excluding hydrogens is 266 g/mol. The molecule has 0 radical (unpaired) electrons. The SMILES string of the molecule is CCCC(N)C(=O)Nc1cccc(S(=O)(=O)NC)c1. The number of carbonyl (C=O) groups excluding carboxylic acids is 1. The number of nitrogens with two attached hydrogens (primary N) is 1. The Morgan fingerprint density at radius 3 is 2.68 bits per heavy atom. The van der Waals surface area contributed by atoms with E-state index in [1.807, 2.05) is 6.92 Å². The summed E-state index contributed by atoms with van der Waals surface area (Å²) in [4.78, 5) is 11.8. The number of amides is 1. The number of carbonyl (C=O) groups is 1. The van der Waals surface area contributed by atoms with Gasteiger partial charge in [0.25, 0.3) is 0 Å². The van der Waals surface area contributed by atoms with Crippen molar-refractivity contribution < 1.29 is 13.2 Å². The van der Waals surface area contributed by atoms with Crippen molar-refractivity contribution >= 4 is 21.6 Å². The van der Waals surface area contributed by atoms with E-state index in [9.17, 15) is 13.2 Å². The predicted molar refractivity (Wildman–Crippen MR) is 74.2 cm³/mol. The minimum Gasteiger partial charge on any atom is -0.325 e. The molecule has 4 N–H and O–H groups in total. The maximum absolute atomic E-state index is 11.7. The first-order chi connectivity index (χ1) is 8.90. The van der Waals surface area contributed by atoms with Crippen LogP contribution in [0.25, 0.3) is 0 Å². The number of hydrogen-bond acceptors (Lipinski definition) is 4. The maximum atomic E-state index is 11.7. The molecule has 0 saturated carbocycles. The molecule has 0 bridgehead atoms. The van der Waals surface area contributed by atoms with Gasteiger partial charge >= 0.3 is 0 Å². The number of sulfonamides is 1. The summed E-state index contributed by atoms with van der Waals surface area (Å²) in [5.41, 5.74) is 6.09. The van der Waals surface area contributed by atoms with Crippen molar-refractivity contribution in [2.45, 2.75) is 30.7 Å². The van der Waals surface area contributed by atoms with E-state index in [1.165, 1.54) is 19.2 Å². The van der Waals surface area contributed by atoms with Gasteiger partial charge in [-0.25, -0.2) is 13.1 Å². The summed E-state index contributed by atoms with van der Waals surface area (Å²) in [7, 11) is -2.19. The van der Waals surface area contributed by atoms with E-state index in [0.29, 0.717) is 12.1 Å². The summed E-state index contributed by atoms with van der Waals surface area (Å²) in [5.74, 6) is -0.319. The van der Waals surface area contributed by atoms with Crippen LogP contribution in [0.2, 0.25) is 0 Å². The summed E-state index contributed by atoms with van der Waals surface area (Å²) in [6.07, 6.45) is 1.39. The summed E-state index contributed by atoms with van der Waals surface area (Å²) in [5, 5.41) is 2.61. The molecular formula is C12H19N3O3S. The van der Waals surface area contributed by atoms with Crippen LogP contribution in [-0.2, 0) is 14.8 Å². The number of anilines is 1. The Labute approximate surface area is 113 Å². The number of nitrogens with one attached hydrogen (secondary N) is 2. The first-order valence-electron chi connectivity index (χ1n) is 6.00. The molecule has 0 aliphatic heterocycles. The van der Waals surface area contributed by atoms with Gasteiger partial charge in [0, 0.05) is 5.69 Å².